The van der Waals surface area contributed by atoms with Crippen molar-refractivity contribution < 1.29 is 18.3 Å². The van der Waals surface area contributed by atoms with E-state index in [0.29, 0.717) is 11.3 Å². The molecule has 0 spiro atoms. The van der Waals surface area contributed by atoms with Crippen LogP contribution in [-0.4, -0.2) is 30.3 Å². The summed E-state index contributed by atoms with van der Waals surface area (Å²) in [4.78, 5) is 22.3. The minimum absolute atomic E-state index is 0.0842. The van der Waals surface area contributed by atoms with Crippen LogP contribution in [0, 0.1) is 0 Å². The Balaban J connectivity index is 2.39. The molecule has 0 saturated heterocycles. The van der Waals surface area contributed by atoms with Gasteiger partial charge in [-0.25, -0.2) is 8.42 Å². The van der Waals surface area contributed by atoms with Gasteiger partial charge in [0.25, 0.3) is 0 Å². The number of benzene rings is 1. The number of aliphatic carboxylic acids is 1. The van der Waals surface area contributed by atoms with E-state index in [-0.39, 0.29) is 22.7 Å². The Morgan fingerprint density at radius 1 is 1.29 bits per heavy atom. The lowest BCUT2D eigenvalue weighted by atomic mass is 10.2. The van der Waals surface area contributed by atoms with Gasteiger partial charge in [-0.2, -0.15) is 0 Å². The second-order valence-electron chi connectivity index (χ2n) is 4.48. The summed E-state index contributed by atoms with van der Waals surface area (Å²) in [6, 6.07) is 6.15. The Morgan fingerprint density at radius 2 is 1.90 bits per heavy atom. The van der Waals surface area contributed by atoms with Crippen molar-refractivity contribution in [1.82, 2.24) is 4.57 Å². The number of hydrogen-bond donors (Lipinski definition) is 1. The standard InChI is InChI=1S/C13H13NO5S2/c1-21(18,19)10-4-2-9(3-5-10)11-8-20-13(17)14(11)7-6-12(15)16/h2-5,8H,6-7H2,1H3,(H,15,16). The van der Waals surface area contributed by atoms with E-state index in [4.69, 9.17) is 5.11 Å². The van der Waals surface area contributed by atoms with Crippen LogP contribution in [0.2, 0.25) is 0 Å². The molecule has 0 amide bonds. The maximum Gasteiger partial charge on any atom is 0.307 e. The van der Waals surface area contributed by atoms with Crippen molar-refractivity contribution >= 4 is 27.1 Å². The molecule has 0 aliphatic rings. The summed E-state index contributed by atoms with van der Waals surface area (Å²) >= 11 is 0.983. The van der Waals surface area contributed by atoms with Crippen molar-refractivity contribution in [3.05, 3.63) is 39.3 Å². The summed E-state index contributed by atoms with van der Waals surface area (Å²) in [5.74, 6) is -0.980. The molecule has 1 N–H and O–H groups in total. The molecule has 0 radical (unpaired) electrons. The number of aromatic nitrogens is 1. The van der Waals surface area contributed by atoms with Crippen LogP contribution in [0.5, 0.6) is 0 Å². The number of sulfone groups is 1. The number of nitrogens with zero attached hydrogens (tertiary/aromatic N) is 1. The predicted molar refractivity (Wildman–Crippen MR) is 79.4 cm³/mol. The van der Waals surface area contributed by atoms with Crippen molar-refractivity contribution in [2.45, 2.75) is 17.9 Å². The van der Waals surface area contributed by atoms with Crippen molar-refractivity contribution in [2.24, 2.45) is 0 Å². The molecule has 0 fully saturated rings. The molecule has 1 aromatic carbocycles. The first-order valence-corrected chi connectivity index (χ1v) is 8.77. The molecular formula is C13H13NO5S2. The van der Waals surface area contributed by atoms with Gasteiger partial charge in [-0.1, -0.05) is 23.5 Å². The van der Waals surface area contributed by atoms with Gasteiger partial charge in [-0.05, 0) is 17.7 Å². The topological polar surface area (TPSA) is 93.4 Å². The smallest absolute Gasteiger partial charge is 0.307 e. The maximum absolute atomic E-state index is 11.7. The first-order chi connectivity index (χ1) is 9.79. The molecule has 8 heteroatoms. The Kier molecular flexibility index (Phi) is 4.29. The van der Waals surface area contributed by atoms with Crippen LogP contribution < -0.4 is 4.87 Å². The van der Waals surface area contributed by atoms with Gasteiger partial charge in [0, 0.05) is 18.2 Å². The Bertz CT molecular complexity index is 815. The molecule has 0 bridgehead atoms. The van der Waals surface area contributed by atoms with Gasteiger partial charge in [-0.3, -0.25) is 14.2 Å². The largest absolute Gasteiger partial charge is 0.481 e. The third kappa shape index (κ3) is 3.59. The van der Waals surface area contributed by atoms with Gasteiger partial charge in [0.2, 0.25) is 0 Å². The zero-order valence-corrected chi connectivity index (χ0v) is 12.8. The van der Waals surface area contributed by atoms with Crippen LogP contribution in [0.15, 0.2) is 39.3 Å². The molecule has 6 nitrogen and oxygen atoms in total. The van der Waals surface area contributed by atoms with E-state index >= 15 is 0 Å². The number of rotatable bonds is 5. The molecule has 0 saturated carbocycles. The second kappa shape index (κ2) is 5.82. The highest BCUT2D eigenvalue weighted by Gasteiger charge is 2.12. The molecule has 0 atom stereocenters. The van der Waals surface area contributed by atoms with E-state index < -0.39 is 15.8 Å². The monoisotopic (exact) mass is 327 g/mol. The van der Waals surface area contributed by atoms with Gasteiger partial charge in [0.15, 0.2) is 9.84 Å². The van der Waals surface area contributed by atoms with E-state index in [1.54, 1.807) is 17.5 Å². The van der Waals surface area contributed by atoms with Crippen LogP contribution in [0.4, 0.5) is 0 Å². The van der Waals surface area contributed by atoms with E-state index in [1.807, 2.05) is 0 Å². The lowest BCUT2D eigenvalue weighted by molar-refractivity contribution is -0.137. The number of carboxylic acid groups (broad SMARTS) is 1. The molecular weight excluding hydrogens is 314 g/mol. The highest BCUT2D eigenvalue weighted by atomic mass is 32.2. The fourth-order valence-corrected chi connectivity index (χ4v) is 3.27. The zero-order valence-electron chi connectivity index (χ0n) is 11.1. The van der Waals surface area contributed by atoms with Crippen LogP contribution in [0.3, 0.4) is 0 Å². The van der Waals surface area contributed by atoms with Crippen molar-refractivity contribution in [3.63, 3.8) is 0 Å². The van der Waals surface area contributed by atoms with E-state index in [1.165, 1.54) is 16.7 Å². The highest BCUT2D eigenvalue weighted by Crippen LogP contribution is 2.22. The summed E-state index contributed by atoms with van der Waals surface area (Å²) in [6.07, 6.45) is 0.973. The molecule has 2 rings (SSSR count). The minimum atomic E-state index is -3.27. The fourth-order valence-electron chi connectivity index (χ4n) is 1.85. The summed E-state index contributed by atoms with van der Waals surface area (Å²) in [7, 11) is -3.27. The normalized spacial score (nSPS) is 11.5. The van der Waals surface area contributed by atoms with E-state index in [0.717, 1.165) is 17.6 Å². The summed E-state index contributed by atoms with van der Waals surface area (Å²) in [6.45, 7) is 0.0842. The summed E-state index contributed by atoms with van der Waals surface area (Å²) in [5, 5.41) is 10.4. The van der Waals surface area contributed by atoms with Crippen molar-refractivity contribution in [3.8, 4) is 11.3 Å². The molecule has 0 aliphatic carbocycles. The molecule has 2 aromatic rings. The van der Waals surface area contributed by atoms with Crippen LogP contribution >= 0.6 is 11.3 Å². The number of carbonyl (C=O) groups is 1. The molecule has 0 aliphatic heterocycles. The van der Waals surface area contributed by atoms with Gasteiger partial charge in [-0.15, -0.1) is 0 Å². The van der Waals surface area contributed by atoms with Gasteiger partial charge < -0.3 is 5.11 Å². The minimum Gasteiger partial charge on any atom is -0.481 e. The molecule has 1 heterocycles. The molecule has 0 unspecified atom stereocenters. The number of hydrogen-bond acceptors (Lipinski definition) is 5. The Morgan fingerprint density at radius 3 is 2.43 bits per heavy atom. The lowest BCUT2D eigenvalue weighted by Gasteiger charge is -2.07. The zero-order chi connectivity index (χ0) is 15.6. The van der Waals surface area contributed by atoms with Crippen molar-refractivity contribution in [2.75, 3.05) is 6.26 Å². The van der Waals surface area contributed by atoms with Gasteiger partial charge in [0.1, 0.15) is 0 Å². The maximum atomic E-state index is 11.7. The highest BCUT2D eigenvalue weighted by molar-refractivity contribution is 7.90. The number of thiazole rings is 1. The van der Waals surface area contributed by atoms with Crippen LogP contribution in [0.1, 0.15) is 6.42 Å². The number of carboxylic acids is 1. The first-order valence-electron chi connectivity index (χ1n) is 5.99. The summed E-state index contributed by atoms with van der Waals surface area (Å²) in [5.41, 5.74) is 1.26. The Labute approximate surface area is 125 Å². The third-order valence-electron chi connectivity index (χ3n) is 2.91. The Hall–Kier alpha value is -1.93. The molecule has 21 heavy (non-hydrogen) atoms. The fraction of sp³-hybridized carbons (Fsp3) is 0.231. The third-order valence-corrected chi connectivity index (χ3v) is 4.80. The van der Waals surface area contributed by atoms with Gasteiger partial charge in [0.05, 0.1) is 17.0 Å². The molecule has 112 valence electrons. The predicted octanol–water partition coefficient (Wildman–Crippen LogP) is 1.46. The van der Waals surface area contributed by atoms with E-state index in [9.17, 15) is 18.0 Å². The van der Waals surface area contributed by atoms with Gasteiger partial charge >= 0.3 is 10.8 Å². The lowest BCUT2D eigenvalue weighted by Crippen LogP contribution is -2.16. The first kappa shape index (κ1) is 15.5. The average molecular weight is 327 g/mol. The van der Waals surface area contributed by atoms with Crippen LogP contribution in [0.25, 0.3) is 11.3 Å². The van der Waals surface area contributed by atoms with E-state index in [2.05, 4.69) is 0 Å². The van der Waals surface area contributed by atoms with Crippen LogP contribution in [-0.2, 0) is 21.2 Å². The quantitative estimate of drug-likeness (QED) is 0.897. The average Bonchev–Trinajstić information content (AvgIpc) is 2.77. The van der Waals surface area contributed by atoms with Crippen molar-refractivity contribution in [1.29, 1.82) is 0 Å². The molecule has 1 aromatic heterocycles. The SMILES string of the molecule is CS(=O)(=O)c1ccc(-c2csc(=O)n2CCC(=O)O)cc1. The summed E-state index contributed by atoms with van der Waals surface area (Å²) < 4.78 is 24.2. The second-order valence-corrected chi connectivity index (χ2v) is 7.32.